The van der Waals surface area contributed by atoms with E-state index in [0.29, 0.717) is 28.3 Å². The molecule has 0 amide bonds. The molecule has 2 unspecified atom stereocenters. The minimum atomic E-state index is -0.632. The first-order valence-electron chi connectivity index (χ1n) is 11.8. The summed E-state index contributed by atoms with van der Waals surface area (Å²) in [6.45, 7) is 8.45. The number of nitrogens with zero attached hydrogens (tertiary/aromatic N) is 3. The first kappa shape index (κ1) is 26.3. The highest BCUT2D eigenvalue weighted by molar-refractivity contribution is 6.36. The third-order valence-corrected chi connectivity index (χ3v) is 6.63. The van der Waals surface area contributed by atoms with E-state index in [4.69, 9.17) is 33.7 Å². The molecular weight excluding hydrogens is 474 g/mol. The van der Waals surface area contributed by atoms with Crippen LogP contribution >= 0.6 is 23.2 Å². The van der Waals surface area contributed by atoms with Crippen molar-refractivity contribution in [1.82, 2.24) is 14.8 Å². The zero-order chi connectivity index (χ0) is 24.8. The van der Waals surface area contributed by atoms with Crippen LogP contribution in [-0.4, -0.2) is 14.8 Å². The highest BCUT2D eigenvalue weighted by Crippen LogP contribution is 2.37. The van der Waals surface area contributed by atoms with E-state index >= 15 is 0 Å². The van der Waals surface area contributed by atoms with Crippen molar-refractivity contribution in [3.8, 4) is 16.9 Å². The number of pyridine rings is 1. The van der Waals surface area contributed by atoms with Gasteiger partial charge in [0.15, 0.2) is 11.6 Å². The predicted octanol–water partition coefficient (Wildman–Crippen LogP) is 8.28. The van der Waals surface area contributed by atoms with E-state index in [1.807, 2.05) is 12.3 Å². The fourth-order valence-electron chi connectivity index (χ4n) is 4.06. The maximum atomic E-state index is 14.0. The number of benzene rings is 1. The topological polar surface area (TPSA) is 66.0 Å². The first-order chi connectivity index (χ1) is 16.2. The standard InChI is InChI=1S/C26H33Cl2FN4O/c1-5-7-20(9-6-8-16(2)3)33-15-19(14-32-33)18-12-23(26(30)31-13-18)34-17(4)24-21(27)10-11-22(29)25(24)28/h10-17,20H,5-9H2,1-4H3,(H2,30,31). The molecule has 2 heterocycles. The molecule has 0 aliphatic heterocycles. The van der Waals surface area contributed by atoms with Gasteiger partial charge in [0.05, 0.1) is 17.3 Å². The Morgan fingerprint density at radius 1 is 1.09 bits per heavy atom. The lowest BCUT2D eigenvalue weighted by Gasteiger charge is -2.19. The number of nitrogen functional groups attached to an aromatic ring is 1. The zero-order valence-corrected chi connectivity index (χ0v) is 21.7. The Kier molecular flexibility index (Phi) is 9.20. The third kappa shape index (κ3) is 6.42. The van der Waals surface area contributed by atoms with Crippen LogP contribution < -0.4 is 10.5 Å². The molecule has 2 atom stereocenters. The van der Waals surface area contributed by atoms with Gasteiger partial charge in [0, 0.05) is 34.1 Å². The third-order valence-electron chi connectivity index (χ3n) is 5.92. The van der Waals surface area contributed by atoms with E-state index in [2.05, 4.69) is 41.7 Å². The van der Waals surface area contributed by atoms with Crippen LogP contribution in [0.5, 0.6) is 5.75 Å². The van der Waals surface area contributed by atoms with Crippen LogP contribution in [0.2, 0.25) is 10.0 Å². The van der Waals surface area contributed by atoms with Gasteiger partial charge >= 0.3 is 0 Å². The van der Waals surface area contributed by atoms with Crippen LogP contribution in [0.25, 0.3) is 11.1 Å². The summed E-state index contributed by atoms with van der Waals surface area (Å²) in [4.78, 5) is 4.30. The summed E-state index contributed by atoms with van der Waals surface area (Å²) >= 11 is 12.4. The van der Waals surface area contributed by atoms with Crippen molar-refractivity contribution in [2.24, 2.45) is 5.92 Å². The highest BCUT2D eigenvalue weighted by Gasteiger charge is 2.20. The first-order valence-corrected chi connectivity index (χ1v) is 12.6. The second-order valence-electron chi connectivity index (χ2n) is 9.10. The normalized spacial score (nSPS) is 13.3. The van der Waals surface area contributed by atoms with Gasteiger partial charge in [-0.3, -0.25) is 4.68 Å². The van der Waals surface area contributed by atoms with Crippen molar-refractivity contribution in [3.05, 3.63) is 58.2 Å². The number of ether oxygens (including phenoxy) is 1. The molecule has 0 saturated heterocycles. The SMILES string of the molecule is CCCC(CCCC(C)C)n1cc(-c2cnc(N)c(OC(C)c3c(Cl)ccc(F)c3Cl)c2)cn1. The summed E-state index contributed by atoms with van der Waals surface area (Å²) in [5, 5.41) is 4.90. The average molecular weight is 507 g/mol. The Labute approximate surface area is 211 Å². The van der Waals surface area contributed by atoms with Crippen molar-refractivity contribution in [3.63, 3.8) is 0 Å². The van der Waals surface area contributed by atoms with Crippen molar-refractivity contribution in [2.45, 2.75) is 71.9 Å². The number of halogens is 3. The fourth-order valence-corrected chi connectivity index (χ4v) is 4.74. The molecule has 0 aliphatic rings. The number of nitrogens with two attached hydrogens (primary N) is 1. The van der Waals surface area contributed by atoms with E-state index in [9.17, 15) is 4.39 Å². The van der Waals surface area contributed by atoms with E-state index in [-0.39, 0.29) is 10.8 Å². The van der Waals surface area contributed by atoms with E-state index in [1.54, 1.807) is 13.1 Å². The Bertz CT molecular complexity index is 1100. The largest absolute Gasteiger partial charge is 0.482 e. The summed E-state index contributed by atoms with van der Waals surface area (Å²) in [5.41, 5.74) is 8.20. The molecule has 0 fully saturated rings. The number of anilines is 1. The van der Waals surface area contributed by atoms with Crippen LogP contribution in [0.1, 0.15) is 77.5 Å². The Morgan fingerprint density at radius 3 is 2.56 bits per heavy atom. The summed E-state index contributed by atoms with van der Waals surface area (Å²) in [6.07, 6.45) is 10.6. The van der Waals surface area contributed by atoms with Crippen LogP contribution in [0, 0.1) is 11.7 Å². The summed E-state index contributed by atoms with van der Waals surface area (Å²) in [6, 6.07) is 4.86. The summed E-state index contributed by atoms with van der Waals surface area (Å²) in [7, 11) is 0. The van der Waals surface area contributed by atoms with Crippen molar-refractivity contribution >= 4 is 29.0 Å². The maximum Gasteiger partial charge on any atom is 0.166 e. The predicted molar refractivity (Wildman–Crippen MR) is 138 cm³/mol. The van der Waals surface area contributed by atoms with Gasteiger partial charge in [-0.05, 0) is 43.9 Å². The molecule has 184 valence electrons. The second-order valence-corrected chi connectivity index (χ2v) is 9.89. The molecule has 0 aliphatic carbocycles. The van der Waals surface area contributed by atoms with Gasteiger partial charge in [0.25, 0.3) is 0 Å². The molecule has 34 heavy (non-hydrogen) atoms. The lowest BCUT2D eigenvalue weighted by atomic mass is 10.0. The molecule has 5 nitrogen and oxygen atoms in total. The number of rotatable bonds is 11. The molecule has 0 spiro atoms. The lowest BCUT2D eigenvalue weighted by Crippen LogP contribution is -2.10. The van der Waals surface area contributed by atoms with Crippen molar-refractivity contribution < 1.29 is 9.13 Å². The Morgan fingerprint density at radius 2 is 1.85 bits per heavy atom. The zero-order valence-electron chi connectivity index (χ0n) is 20.2. The maximum absolute atomic E-state index is 14.0. The van der Waals surface area contributed by atoms with Crippen LogP contribution in [0.4, 0.5) is 10.2 Å². The van der Waals surface area contributed by atoms with Gasteiger partial charge < -0.3 is 10.5 Å². The van der Waals surface area contributed by atoms with Gasteiger partial charge in [-0.1, -0.05) is 63.2 Å². The molecule has 1 aromatic carbocycles. The van der Waals surface area contributed by atoms with Gasteiger partial charge in [-0.2, -0.15) is 5.10 Å². The smallest absolute Gasteiger partial charge is 0.166 e. The molecule has 3 aromatic rings. The van der Waals surface area contributed by atoms with Crippen LogP contribution in [-0.2, 0) is 0 Å². The van der Waals surface area contributed by atoms with Crippen molar-refractivity contribution in [1.29, 1.82) is 0 Å². The van der Waals surface area contributed by atoms with Gasteiger partial charge in [-0.25, -0.2) is 9.37 Å². The summed E-state index contributed by atoms with van der Waals surface area (Å²) < 4.78 is 22.1. The molecule has 0 saturated carbocycles. The molecule has 3 rings (SSSR count). The molecule has 0 bridgehead atoms. The quantitative estimate of drug-likeness (QED) is 0.265. The average Bonchev–Trinajstić information content (AvgIpc) is 3.27. The lowest BCUT2D eigenvalue weighted by molar-refractivity contribution is 0.227. The molecule has 0 radical (unpaired) electrons. The van der Waals surface area contributed by atoms with Gasteiger partial charge in [0.1, 0.15) is 11.9 Å². The Hall–Kier alpha value is -2.31. The van der Waals surface area contributed by atoms with Crippen LogP contribution in [0.15, 0.2) is 36.8 Å². The number of aromatic nitrogens is 3. The monoisotopic (exact) mass is 506 g/mol. The number of hydrogen-bond acceptors (Lipinski definition) is 4. The van der Waals surface area contributed by atoms with E-state index in [1.165, 1.54) is 25.0 Å². The molecular formula is C26H33Cl2FN4O. The van der Waals surface area contributed by atoms with E-state index < -0.39 is 11.9 Å². The number of hydrogen-bond donors (Lipinski definition) is 1. The highest BCUT2D eigenvalue weighted by atomic mass is 35.5. The minimum Gasteiger partial charge on any atom is -0.482 e. The molecule has 8 heteroatoms. The fraction of sp³-hybridized carbons (Fsp3) is 0.462. The second kappa shape index (κ2) is 11.9. The van der Waals surface area contributed by atoms with Crippen LogP contribution in [0.3, 0.4) is 0 Å². The van der Waals surface area contributed by atoms with Crippen molar-refractivity contribution in [2.75, 3.05) is 5.73 Å². The summed E-state index contributed by atoms with van der Waals surface area (Å²) in [5.74, 6) is 0.744. The minimum absolute atomic E-state index is 0.0663. The molecule has 2 aromatic heterocycles. The van der Waals surface area contributed by atoms with Gasteiger partial charge in [-0.15, -0.1) is 0 Å². The van der Waals surface area contributed by atoms with E-state index in [0.717, 1.165) is 30.4 Å². The molecule has 2 N–H and O–H groups in total. The Balaban J connectivity index is 1.81. The van der Waals surface area contributed by atoms with Gasteiger partial charge in [0.2, 0.25) is 0 Å².